The van der Waals surface area contributed by atoms with Crippen LogP contribution in [0.1, 0.15) is 51.4 Å². The third-order valence-electron chi connectivity index (χ3n) is 15.2. The summed E-state index contributed by atoms with van der Waals surface area (Å²) in [5.41, 5.74) is 10.5. The van der Waals surface area contributed by atoms with Crippen LogP contribution < -0.4 is 47.4 Å². The van der Waals surface area contributed by atoms with Gasteiger partial charge in [0, 0.05) is 67.4 Å². The van der Waals surface area contributed by atoms with Crippen LogP contribution in [0.2, 0.25) is 10.0 Å². The molecule has 6 aromatic rings. The van der Waals surface area contributed by atoms with Crippen molar-refractivity contribution < 1.29 is 23.0 Å². The zero-order valence-electron chi connectivity index (χ0n) is 44.3. The summed E-state index contributed by atoms with van der Waals surface area (Å²) < 4.78 is 55.7. The number of anilines is 10. The van der Waals surface area contributed by atoms with E-state index in [1.807, 2.05) is 66.7 Å². The molecule has 15 nitrogen and oxygen atoms in total. The highest BCUT2D eigenvalue weighted by Gasteiger charge is 2.47. The van der Waals surface area contributed by atoms with Gasteiger partial charge < -0.3 is 55.9 Å². The second-order valence-corrected chi connectivity index (χ2v) is 28.7. The molecule has 0 radical (unpaired) electrons. The van der Waals surface area contributed by atoms with E-state index in [0.29, 0.717) is 89.3 Å². The lowest BCUT2D eigenvalue weighted by atomic mass is 9.60. The summed E-state index contributed by atoms with van der Waals surface area (Å²) in [6.45, 7) is 10.3. The molecule has 7 N–H and O–H groups in total. The smallest absolute Gasteiger partial charge is 0.229 e. The number of para-hydroxylation sites is 2. The van der Waals surface area contributed by atoms with Crippen LogP contribution in [-0.2, 0) is 9.13 Å². The third-order valence-corrected chi connectivity index (χ3v) is 18.8. The molecule has 4 fully saturated rings. The number of nitrogens with zero attached hydrogens (tertiary/aromatic N) is 7. The van der Waals surface area contributed by atoms with Crippen molar-refractivity contribution >= 4 is 106 Å². The number of hydrogen-bond acceptors (Lipinski definition) is 15. The molecule has 0 atom stereocenters. The monoisotopic (exact) mass is 1120 g/mol. The van der Waals surface area contributed by atoms with E-state index < -0.39 is 14.3 Å². The quantitative estimate of drug-likeness (QED) is 0.0599. The molecule has 406 valence electrons. The minimum Gasteiger partial charge on any atom is -0.400 e. The van der Waals surface area contributed by atoms with Gasteiger partial charge in [-0.15, -0.1) is 0 Å². The molecule has 4 heterocycles. The molecular weight excluding hydrogens is 1050 g/mol. The SMILES string of the molecule is CN(C)C1CC2(CCN(c3ccc(Nc4ncc(Cl)c(Nc5ccccc5P(C)(C)=O)n4)cc3F)CC2)C1.CO.CP(C)(=O)c1ccccc1Nc1nc(Nc2ccc(N3CCC4(CC3)CC(N)C4)c(F)c2)ncc1Cl. The number of aromatic nitrogens is 4. The van der Waals surface area contributed by atoms with Gasteiger partial charge in [-0.3, -0.25) is 0 Å². The van der Waals surface area contributed by atoms with Crippen molar-refractivity contribution in [2.24, 2.45) is 16.6 Å². The van der Waals surface area contributed by atoms with Crippen LogP contribution in [-0.4, -0.2) is 116 Å². The Morgan fingerprint density at radius 2 is 1.00 bits per heavy atom. The first-order valence-electron chi connectivity index (χ1n) is 25.5. The van der Waals surface area contributed by atoms with Crippen molar-refractivity contribution in [3.63, 3.8) is 0 Å². The molecule has 0 bridgehead atoms. The lowest BCUT2D eigenvalue weighted by Crippen LogP contribution is -2.53. The summed E-state index contributed by atoms with van der Waals surface area (Å²) in [7, 11) is 0.262. The Labute approximate surface area is 455 Å². The lowest BCUT2D eigenvalue weighted by molar-refractivity contribution is 0.00482. The van der Waals surface area contributed by atoms with Crippen LogP contribution in [0.15, 0.2) is 97.3 Å². The molecule has 4 aromatic carbocycles. The molecule has 2 aliphatic carbocycles. The molecule has 10 rings (SSSR count). The zero-order chi connectivity index (χ0) is 54.6. The van der Waals surface area contributed by atoms with Crippen molar-refractivity contribution in [1.29, 1.82) is 0 Å². The van der Waals surface area contributed by atoms with Gasteiger partial charge in [-0.25, -0.2) is 18.7 Å². The van der Waals surface area contributed by atoms with E-state index in [9.17, 15) is 9.13 Å². The topological polar surface area (TPSA) is 190 Å². The molecule has 2 saturated heterocycles. The summed E-state index contributed by atoms with van der Waals surface area (Å²) in [5.74, 6) is 0.724. The molecule has 0 unspecified atom stereocenters. The molecule has 0 amide bonds. The Kier molecular flexibility index (Phi) is 17.7. The number of piperidine rings is 2. The van der Waals surface area contributed by atoms with E-state index in [-0.39, 0.29) is 23.5 Å². The fourth-order valence-electron chi connectivity index (χ4n) is 10.9. The van der Waals surface area contributed by atoms with Crippen LogP contribution in [0, 0.1) is 22.5 Å². The van der Waals surface area contributed by atoms with Gasteiger partial charge >= 0.3 is 0 Å². The Balaban J connectivity index is 0.000000195. The maximum Gasteiger partial charge on any atom is 0.229 e. The van der Waals surface area contributed by atoms with Gasteiger partial charge in [0.2, 0.25) is 11.9 Å². The predicted molar refractivity (Wildman–Crippen MR) is 311 cm³/mol. The molecule has 4 aliphatic rings. The Hall–Kier alpha value is -5.38. The van der Waals surface area contributed by atoms with Gasteiger partial charge in [0.15, 0.2) is 11.6 Å². The summed E-state index contributed by atoms with van der Waals surface area (Å²) >= 11 is 12.7. The molecule has 2 aromatic heterocycles. The summed E-state index contributed by atoms with van der Waals surface area (Å²) in [4.78, 5) is 24.0. The predicted octanol–water partition coefficient (Wildman–Crippen LogP) is 11.6. The van der Waals surface area contributed by atoms with Crippen LogP contribution >= 0.6 is 37.5 Å². The summed E-state index contributed by atoms with van der Waals surface area (Å²) in [5, 5.41) is 21.5. The third kappa shape index (κ3) is 13.5. The van der Waals surface area contributed by atoms with Gasteiger partial charge in [0.25, 0.3) is 0 Å². The van der Waals surface area contributed by atoms with Crippen molar-refractivity contribution in [2.75, 3.05) is 105 Å². The van der Waals surface area contributed by atoms with E-state index in [2.05, 4.69) is 70.0 Å². The number of benzene rings is 4. The number of rotatable bonds is 13. The highest BCUT2D eigenvalue weighted by molar-refractivity contribution is 7.70. The minimum absolute atomic E-state index is 0.268. The van der Waals surface area contributed by atoms with Gasteiger partial charge in [0.1, 0.15) is 36.0 Å². The Morgan fingerprint density at radius 3 is 1.36 bits per heavy atom. The van der Waals surface area contributed by atoms with Crippen molar-refractivity contribution in [1.82, 2.24) is 24.8 Å². The largest absolute Gasteiger partial charge is 0.400 e. The highest BCUT2D eigenvalue weighted by atomic mass is 35.5. The number of nitrogens with one attached hydrogen (secondary N) is 4. The van der Waals surface area contributed by atoms with Crippen LogP contribution in [0.4, 0.5) is 66.4 Å². The van der Waals surface area contributed by atoms with Crippen LogP contribution in [0.3, 0.4) is 0 Å². The minimum atomic E-state index is -2.52. The van der Waals surface area contributed by atoms with Crippen molar-refractivity contribution in [3.8, 4) is 0 Å². The molecule has 2 aliphatic heterocycles. The fourth-order valence-corrected chi connectivity index (χ4v) is 13.5. The number of halogens is 4. The van der Waals surface area contributed by atoms with E-state index in [4.69, 9.17) is 34.0 Å². The van der Waals surface area contributed by atoms with Gasteiger partial charge in [-0.1, -0.05) is 47.5 Å². The van der Waals surface area contributed by atoms with E-state index in [0.717, 1.165) is 71.8 Å². The first kappa shape index (κ1) is 56.8. The Morgan fingerprint density at radius 1 is 0.618 bits per heavy atom. The second kappa shape index (κ2) is 23.7. The summed E-state index contributed by atoms with van der Waals surface area (Å²) in [6.07, 6.45) is 12.0. The first-order chi connectivity index (χ1) is 36.1. The van der Waals surface area contributed by atoms with Gasteiger partial charge in [0.05, 0.1) is 35.1 Å². The molecule has 2 saturated carbocycles. The highest BCUT2D eigenvalue weighted by Crippen LogP contribution is 2.52. The van der Waals surface area contributed by atoms with Crippen molar-refractivity contribution in [3.05, 3.63) is 119 Å². The molecule has 2 spiro atoms. The number of aliphatic hydroxyl groups excluding tert-OH is 1. The van der Waals surface area contributed by atoms with Gasteiger partial charge in [-0.05, 0) is 164 Å². The molecular formula is C55H70Cl2F2N12O3P2. The lowest BCUT2D eigenvalue weighted by Gasteiger charge is -2.54. The zero-order valence-corrected chi connectivity index (χ0v) is 47.6. The second-order valence-electron chi connectivity index (χ2n) is 21.5. The number of hydrogen-bond donors (Lipinski definition) is 6. The standard InChI is InChI=1S/C28H35ClFN6OP.C26H31ClFN6OP.CH4O/c1-35(2)20-16-28(17-20)11-13-36(14-12-28)24-10-9-19(15-22(24)30)32-27-31-18-21(29)26(34-27)33-23-7-5-6-8-25(23)38(3,4)37;1-36(2,35)23-6-4-3-5-21(23)32-24-19(27)16-30-25(33-24)31-18-7-8-22(20(28)13-18)34-11-9-26(10-12-34)14-17(29)15-26;1-2/h5-10,15,18,20H,11-14,16-17H2,1-4H3,(H2,31,32,33,34);3-8,13,16-17H,9-12,14-15,29H2,1-2H3,(H2,30,31,32,33);2H,1H3. The average Bonchev–Trinajstić information content (AvgIpc) is 3.38. The summed E-state index contributed by atoms with van der Waals surface area (Å²) in [6, 6.07) is 26.0. The van der Waals surface area contributed by atoms with E-state index in [1.165, 1.54) is 37.4 Å². The maximum atomic E-state index is 15.2. The Bertz CT molecular complexity index is 3100. The van der Waals surface area contributed by atoms with Gasteiger partial charge in [-0.2, -0.15) is 9.97 Å². The maximum absolute atomic E-state index is 15.2. The molecule has 21 heteroatoms. The van der Waals surface area contributed by atoms with Crippen molar-refractivity contribution in [2.45, 2.75) is 63.5 Å². The van der Waals surface area contributed by atoms with Crippen LogP contribution in [0.25, 0.3) is 0 Å². The number of nitrogens with two attached hydrogens (primary N) is 1. The first-order valence-corrected chi connectivity index (χ1v) is 31.5. The van der Waals surface area contributed by atoms with Crippen LogP contribution in [0.5, 0.6) is 0 Å². The number of aliphatic hydroxyl groups is 1. The van der Waals surface area contributed by atoms with E-state index in [1.54, 1.807) is 32.7 Å². The van der Waals surface area contributed by atoms with E-state index >= 15 is 8.78 Å². The normalized spacial score (nSPS) is 17.2. The fraction of sp³-hybridized carbons (Fsp3) is 0.418. The molecule has 76 heavy (non-hydrogen) atoms. The average molecular weight is 1120 g/mol.